The van der Waals surface area contributed by atoms with Crippen LogP contribution in [0.1, 0.15) is 18.9 Å². The number of anilines is 1. The molecule has 134 valence electrons. The van der Waals surface area contributed by atoms with Gasteiger partial charge in [0.2, 0.25) is 5.91 Å². The molecule has 0 saturated carbocycles. The summed E-state index contributed by atoms with van der Waals surface area (Å²) >= 11 is 0. The van der Waals surface area contributed by atoms with Crippen LogP contribution >= 0.6 is 0 Å². The van der Waals surface area contributed by atoms with Crippen LogP contribution in [0.2, 0.25) is 0 Å². The molecule has 0 saturated heterocycles. The maximum atomic E-state index is 12.1. The Morgan fingerprint density at radius 2 is 2.00 bits per heavy atom. The van der Waals surface area contributed by atoms with E-state index >= 15 is 0 Å². The van der Waals surface area contributed by atoms with Gasteiger partial charge >= 0.3 is 6.18 Å². The Kier molecular flexibility index (Phi) is 7.34. The van der Waals surface area contributed by atoms with Gasteiger partial charge in [0.15, 0.2) is 5.96 Å². The number of carbonyl (C=O) groups excluding carboxylic acids is 1. The molecule has 3 N–H and O–H groups in total. The van der Waals surface area contributed by atoms with Gasteiger partial charge in [0.25, 0.3) is 0 Å². The lowest BCUT2D eigenvalue weighted by atomic mass is 10.2. The zero-order valence-electron chi connectivity index (χ0n) is 13.8. The SMILES string of the molecule is CN=C(NCCC(F)(F)F)NCc1ccc(OC)c(NC(C)=O)c1. The quantitative estimate of drug-likeness (QED) is 0.546. The molecule has 0 aliphatic rings. The van der Waals surface area contributed by atoms with Crippen molar-refractivity contribution in [1.82, 2.24) is 10.6 Å². The van der Waals surface area contributed by atoms with Crippen LogP contribution < -0.4 is 20.7 Å². The first-order valence-corrected chi connectivity index (χ1v) is 7.21. The van der Waals surface area contributed by atoms with Crippen molar-refractivity contribution in [3.8, 4) is 5.75 Å². The van der Waals surface area contributed by atoms with Gasteiger partial charge in [-0.3, -0.25) is 9.79 Å². The third-order valence-corrected chi connectivity index (χ3v) is 2.96. The van der Waals surface area contributed by atoms with Crippen molar-refractivity contribution in [2.45, 2.75) is 26.1 Å². The molecule has 6 nitrogen and oxygen atoms in total. The maximum Gasteiger partial charge on any atom is 0.390 e. The van der Waals surface area contributed by atoms with E-state index in [2.05, 4.69) is 20.9 Å². The highest BCUT2D eigenvalue weighted by atomic mass is 19.4. The number of rotatable bonds is 6. The number of aliphatic imine (C=N–C) groups is 1. The first kappa shape index (κ1) is 19.6. The number of nitrogens with one attached hydrogen (secondary N) is 3. The first-order valence-electron chi connectivity index (χ1n) is 7.21. The van der Waals surface area contributed by atoms with E-state index in [1.54, 1.807) is 18.2 Å². The van der Waals surface area contributed by atoms with E-state index in [0.717, 1.165) is 5.56 Å². The van der Waals surface area contributed by atoms with E-state index in [4.69, 9.17) is 4.74 Å². The molecule has 24 heavy (non-hydrogen) atoms. The minimum absolute atomic E-state index is 0.233. The molecular formula is C15H21F3N4O2. The lowest BCUT2D eigenvalue weighted by Crippen LogP contribution is -2.38. The number of guanidine groups is 1. The summed E-state index contributed by atoms with van der Waals surface area (Å²) in [4.78, 5) is 15.1. The molecule has 1 amide bonds. The number of methoxy groups -OCH3 is 1. The van der Waals surface area contributed by atoms with Gasteiger partial charge in [0, 0.05) is 27.1 Å². The number of alkyl halides is 3. The molecule has 0 fully saturated rings. The van der Waals surface area contributed by atoms with E-state index in [-0.39, 0.29) is 18.4 Å². The van der Waals surface area contributed by atoms with Gasteiger partial charge < -0.3 is 20.7 Å². The summed E-state index contributed by atoms with van der Waals surface area (Å²) in [5.41, 5.74) is 1.32. The van der Waals surface area contributed by atoms with Gasteiger partial charge in [-0.15, -0.1) is 0 Å². The summed E-state index contributed by atoms with van der Waals surface area (Å²) in [6, 6.07) is 5.19. The summed E-state index contributed by atoms with van der Waals surface area (Å²) in [6.07, 6.45) is -5.15. The molecule has 0 radical (unpaired) electrons. The molecule has 0 spiro atoms. The second-order valence-corrected chi connectivity index (χ2v) is 4.93. The van der Waals surface area contributed by atoms with Crippen molar-refractivity contribution in [3.63, 3.8) is 0 Å². The van der Waals surface area contributed by atoms with E-state index in [1.165, 1.54) is 21.1 Å². The number of hydrogen-bond donors (Lipinski definition) is 3. The standard InChI is InChI=1S/C15H21F3N4O2/c1-10(23)22-12-8-11(4-5-13(12)24-3)9-21-14(19-2)20-7-6-15(16,17)18/h4-5,8H,6-7,9H2,1-3H3,(H,22,23)(H2,19,20,21). The van der Waals surface area contributed by atoms with Crippen LogP contribution in [0.5, 0.6) is 5.75 Å². The van der Waals surface area contributed by atoms with Crippen molar-refractivity contribution in [3.05, 3.63) is 23.8 Å². The maximum absolute atomic E-state index is 12.1. The summed E-state index contributed by atoms with van der Waals surface area (Å²) in [5.74, 6) is 0.542. The van der Waals surface area contributed by atoms with Crippen LogP contribution in [0.4, 0.5) is 18.9 Å². The zero-order valence-corrected chi connectivity index (χ0v) is 13.8. The predicted octanol–water partition coefficient (Wildman–Crippen LogP) is 2.27. The number of carbonyl (C=O) groups is 1. The molecule has 1 aromatic carbocycles. The molecule has 1 aromatic rings. The average Bonchev–Trinajstić information content (AvgIpc) is 2.49. The van der Waals surface area contributed by atoms with Crippen LogP contribution in [0.3, 0.4) is 0 Å². The second kappa shape index (κ2) is 8.99. The summed E-state index contributed by atoms with van der Waals surface area (Å²) in [7, 11) is 2.96. The first-order chi connectivity index (χ1) is 11.2. The Bertz CT molecular complexity index is 589. The predicted molar refractivity (Wildman–Crippen MR) is 86.2 cm³/mol. The highest BCUT2D eigenvalue weighted by molar-refractivity contribution is 5.90. The average molecular weight is 346 g/mol. The molecule has 0 aromatic heterocycles. The summed E-state index contributed by atoms with van der Waals surface area (Å²) < 4.78 is 41.6. The molecule has 0 atom stereocenters. The van der Waals surface area contributed by atoms with Crippen LogP contribution in [0, 0.1) is 0 Å². The van der Waals surface area contributed by atoms with Gasteiger partial charge in [-0.1, -0.05) is 6.07 Å². The van der Waals surface area contributed by atoms with Gasteiger partial charge in [-0.2, -0.15) is 13.2 Å². The highest BCUT2D eigenvalue weighted by Gasteiger charge is 2.26. The third-order valence-electron chi connectivity index (χ3n) is 2.96. The van der Waals surface area contributed by atoms with Gasteiger partial charge in [0.05, 0.1) is 19.2 Å². The molecule has 0 aliphatic heterocycles. The van der Waals surface area contributed by atoms with E-state index in [1.807, 2.05) is 0 Å². The van der Waals surface area contributed by atoms with Gasteiger partial charge in [-0.25, -0.2) is 0 Å². The highest BCUT2D eigenvalue weighted by Crippen LogP contribution is 2.25. The smallest absolute Gasteiger partial charge is 0.390 e. The molecule has 9 heteroatoms. The Labute approximate surface area is 138 Å². The second-order valence-electron chi connectivity index (χ2n) is 4.93. The van der Waals surface area contributed by atoms with E-state index < -0.39 is 12.6 Å². The normalized spacial score (nSPS) is 11.8. The van der Waals surface area contributed by atoms with Crippen molar-refractivity contribution in [1.29, 1.82) is 0 Å². The van der Waals surface area contributed by atoms with Crippen molar-refractivity contribution >= 4 is 17.6 Å². The molecule has 0 unspecified atom stereocenters. The fraction of sp³-hybridized carbons (Fsp3) is 0.467. The Hall–Kier alpha value is -2.45. The Morgan fingerprint density at radius 1 is 1.29 bits per heavy atom. The number of halogens is 3. The topological polar surface area (TPSA) is 74.8 Å². The largest absolute Gasteiger partial charge is 0.495 e. The zero-order chi connectivity index (χ0) is 18.2. The Morgan fingerprint density at radius 3 is 2.54 bits per heavy atom. The van der Waals surface area contributed by atoms with Gasteiger partial charge in [0.1, 0.15) is 5.75 Å². The fourth-order valence-corrected chi connectivity index (χ4v) is 1.88. The molecule has 0 bridgehead atoms. The number of ether oxygens (including phenoxy) is 1. The van der Waals surface area contributed by atoms with Crippen LogP contribution in [0.15, 0.2) is 23.2 Å². The molecular weight excluding hydrogens is 325 g/mol. The number of amides is 1. The minimum Gasteiger partial charge on any atom is -0.495 e. The lowest BCUT2D eigenvalue weighted by molar-refractivity contribution is -0.132. The summed E-state index contributed by atoms with van der Waals surface area (Å²) in [6.45, 7) is 1.45. The van der Waals surface area contributed by atoms with Crippen molar-refractivity contribution in [2.24, 2.45) is 4.99 Å². The van der Waals surface area contributed by atoms with Crippen LogP contribution in [0.25, 0.3) is 0 Å². The van der Waals surface area contributed by atoms with Gasteiger partial charge in [-0.05, 0) is 17.7 Å². The van der Waals surface area contributed by atoms with Crippen LogP contribution in [-0.2, 0) is 11.3 Å². The Balaban J connectivity index is 2.63. The number of hydrogen-bond acceptors (Lipinski definition) is 3. The monoisotopic (exact) mass is 346 g/mol. The fourth-order valence-electron chi connectivity index (χ4n) is 1.88. The van der Waals surface area contributed by atoms with Crippen molar-refractivity contribution < 1.29 is 22.7 Å². The third kappa shape index (κ3) is 7.21. The summed E-state index contributed by atoms with van der Waals surface area (Å²) in [5, 5.41) is 8.15. The van der Waals surface area contributed by atoms with Crippen molar-refractivity contribution in [2.75, 3.05) is 26.0 Å². The van der Waals surface area contributed by atoms with Crippen LogP contribution in [-0.4, -0.2) is 38.7 Å². The molecule has 1 rings (SSSR count). The molecule has 0 heterocycles. The van der Waals surface area contributed by atoms with E-state index in [9.17, 15) is 18.0 Å². The van der Waals surface area contributed by atoms with E-state index in [0.29, 0.717) is 18.0 Å². The molecule has 0 aliphatic carbocycles. The number of nitrogens with zero attached hydrogens (tertiary/aromatic N) is 1. The number of benzene rings is 1. The minimum atomic E-state index is -4.21. The lowest BCUT2D eigenvalue weighted by Gasteiger charge is -2.14.